The van der Waals surface area contributed by atoms with Crippen LogP contribution in [0.3, 0.4) is 0 Å². The molecule has 0 bridgehead atoms. The van der Waals surface area contributed by atoms with Gasteiger partial charge in [-0.3, -0.25) is 4.99 Å². The second kappa shape index (κ2) is 8.87. The number of aliphatic imine (C=N–C) groups is 1. The van der Waals surface area contributed by atoms with E-state index < -0.39 is 0 Å². The molecule has 1 aromatic rings. The SMILES string of the molecule is CCCN1CCC(CNC(=NC)NCc2ccc(F)c(C)c2)C1. The highest BCUT2D eigenvalue weighted by molar-refractivity contribution is 5.79. The number of nitrogens with zero attached hydrogens (tertiary/aromatic N) is 2. The van der Waals surface area contributed by atoms with E-state index in [1.54, 1.807) is 14.0 Å². The van der Waals surface area contributed by atoms with Crippen LogP contribution in [0.2, 0.25) is 0 Å². The first-order valence-corrected chi connectivity index (χ1v) is 8.54. The monoisotopic (exact) mass is 320 g/mol. The lowest BCUT2D eigenvalue weighted by molar-refractivity contribution is 0.324. The van der Waals surface area contributed by atoms with Crippen molar-refractivity contribution in [3.63, 3.8) is 0 Å². The van der Waals surface area contributed by atoms with Crippen LogP contribution in [-0.4, -0.2) is 44.1 Å². The number of rotatable bonds is 6. The molecule has 1 heterocycles. The Labute approximate surface area is 139 Å². The highest BCUT2D eigenvalue weighted by Crippen LogP contribution is 2.15. The number of hydrogen-bond donors (Lipinski definition) is 2. The number of hydrogen-bond acceptors (Lipinski definition) is 2. The van der Waals surface area contributed by atoms with Gasteiger partial charge in [-0.1, -0.05) is 19.1 Å². The topological polar surface area (TPSA) is 39.7 Å². The quantitative estimate of drug-likeness (QED) is 0.625. The molecular weight excluding hydrogens is 291 g/mol. The molecule has 1 aliphatic heterocycles. The average Bonchev–Trinajstić information content (AvgIpc) is 2.99. The minimum atomic E-state index is -0.158. The largest absolute Gasteiger partial charge is 0.356 e. The zero-order valence-electron chi connectivity index (χ0n) is 14.5. The number of guanidine groups is 1. The first kappa shape index (κ1) is 17.7. The first-order valence-electron chi connectivity index (χ1n) is 8.54. The molecule has 1 atom stereocenters. The van der Waals surface area contributed by atoms with E-state index in [4.69, 9.17) is 0 Å². The third-order valence-corrected chi connectivity index (χ3v) is 4.37. The van der Waals surface area contributed by atoms with E-state index in [0.717, 1.165) is 18.1 Å². The van der Waals surface area contributed by atoms with Crippen molar-refractivity contribution in [1.29, 1.82) is 0 Å². The number of benzene rings is 1. The molecule has 4 nitrogen and oxygen atoms in total. The van der Waals surface area contributed by atoms with E-state index in [2.05, 4.69) is 27.4 Å². The number of nitrogens with one attached hydrogen (secondary N) is 2. The standard InChI is InChI=1S/C18H29FN4/c1-4-8-23-9-7-16(13-23)12-22-18(20-3)21-11-15-5-6-17(19)14(2)10-15/h5-6,10,16H,4,7-9,11-13H2,1-3H3,(H2,20,21,22). The smallest absolute Gasteiger partial charge is 0.191 e. The minimum absolute atomic E-state index is 0.158. The molecule has 128 valence electrons. The lowest BCUT2D eigenvalue weighted by Gasteiger charge is -2.17. The second-order valence-electron chi connectivity index (χ2n) is 6.35. The third-order valence-electron chi connectivity index (χ3n) is 4.37. The fraction of sp³-hybridized carbons (Fsp3) is 0.611. The molecular formula is C18H29FN4. The average molecular weight is 320 g/mol. The van der Waals surface area contributed by atoms with Gasteiger partial charge >= 0.3 is 0 Å². The van der Waals surface area contributed by atoms with Crippen molar-refractivity contribution in [3.05, 3.63) is 35.1 Å². The van der Waals surface area contributed by atoms with Gasteiger partial charge in [0.2, 0.25) is 0 Å². The molecule has 1 unspecified atom stereocenters. The maximum atomic E-state index is 13.3. The van der Waals surface area contributed by atoms with Crippen LogP contribution in [0.15, 0.2) is 23.2 Å². The molecule has 0 aliphatic carbocycles. The van der Waals surface area contributed by atoms with Crippen LogP contribution in [0.25, 0.3) is 0 Å². The summed E-state index contributed by atoms with van der Waals surface area (Å²) in [4.78, 5) is 6.80. The summed E-state index contributed by atoms with van der Waals surface area (Å²) in [5, 5.41) is 6.70. The Morgan fingerprint density at radius 3 is 2.91 bits per heavy atom. The van der Waals surface area contributed by atoms with Gasteiger partial charge in [-0.25, -0.2) is 4.39 Å². The van der Waals surface area contributed by atoms with Crippen LogP contribution in [0.1, 0.15) is 30.9 Å². The van der Waals surface area contributed by atoms with Crippen molar-refractivity contribution in [2.24, 2.45) is 10.9 Å². The van der Waals surface area contributed by atoms with Gasteiger partial charge in [0.15, 0.2) is 5.96 Å². The van der Waals surface area contributed by atoms with Crippen molar-refractivity contribution in [2.45, 2.75) is 33.2 Å². The molecule has 0 amide bonds. The van der Waals surface area contributed by atoms with Crippen LogP contribution >= 0.6 is 0 Å². The van der Waals surface area contributed by atoms with Gasteiger partial charge in [0.25, 0.3) is 0 Å². The van der Waals surface area contributed by atoms with E-state index in [1.807, 2.05) is 12.1 Å². The molecule has 23 heavy (non-hydrogen) atoms. The molecule has 1 aliphatic rings. The summed E-state index contributed by atoms with van der Waals surface area (Å²) in [5.41, 5.74) is 1.73. The highest BCUT2D eigenvalue weighted by Gasteiger charge is 2.21. The van der Waals surface area contributed by atoms with E-state index in [1.165, 1.54) is 38.5 Å². The van der Waals surface area contributed by atoms with Gasteiger partial charge in [-0.05, 0) is 56.0 Å². The third kappa shape index (κ3) is 5.50. The predicted molar refractivity (Wildman–Crippen MR) is 94.2 cm³/mol. The van der Waals surface area contributed by atoms with Gasteiger partial charge in [0.1, 0.15) is 5.82 Å². The summed E-state index contributed by atoms with van der Waals surface area (Å²) < 4.78 is 13.3. The second-order valence-corrected chi connectivity index (χ2v) is 6.35. The Kier molecular flexibility index (Phi) is 6.84. The highest BCUT2D eigenvalue weighted by atomic mass is 19.1. The van der Waals surface area contributed by atoms with Gasteiger partial charge in [0.05, 0.1) is 0 Å². The van der Waals surface area contributed by atoms with E-state index in [9.17, 15) is 4.39 Å². The molecule has 1 aromatic carbocycles. The molecule has 0 radical (unpaired) electrons. The molecule has 0 aromatic heterocycles. The first-order chi connectivity index (χ1) is 11.1. The van der Waals surface area contributed by atoms with Gasteiger partial charge in [-0.2, -0.15) is 0 Å². The summed E-state index contributed by atoms with van der Waals surface area (Å²) in [5.74, 6) is 1.34. The summed E-state index contributed by atoms with van der Waals surface area (Å²) in [6.45, 7) is 9.20. The predicted octanol–water partition coefficient (Wildman–Crippen LogP) is 2.53. The van der Waals surface area contributed by atoms with Crippen molar-refractivity contribution < 1.29 is 4.39 Å². The van der Waals surface area contributed by atoms with E-state index >= 15 is 0 Å². The maximum Gasteiger partial charge on any atom is 0.191 e. The summed E-state index contributed by atoms with van der Waals surface area (Å²) >= 11 is 0. The minimum Gasteiger partial charge on any atom is -0.356 e. The van der Waals surface area contributed by atoms with Crippen molar-refractivity contribution in [1.82, 2.24) is 15.5 Å². The van der Waals surface area contributed by atoms with Crippen molar-refractivity contribution >= 4 is 5.96 Å². The number of aryl methyl sites for hydroxylation is 1. The van der Waals surface area contributed by atoms with Crippen LogP contribution in [-0.2, 0) is 6.54 Å². The van der Waals surface area contributed by atoms with Crippen molar-refractivity contribution in [3.8, 4) is 0 Å². The lowest BCUT2D eigenvalue weighted by atomic mass is 10.1. The van der Waals surface area contributed by atoms with E-state index in [-0.39, 0.29) is 5.82 Å². The van der Waals surface area contributed by atoms with Crippen LogP contribution in [0.5, 0.6) is 0 Å². The molecule has 0 saturated carbocycles. The molecule has 5 heteroatoms. The van der Waals surface area contributed by atoms with Crippen LogP contribution in [0.4, 0.5) is 4.39 Å². The lowest BCUT2D eigenvalue weighted by Crippen LogP contribution is -2.40. The Balaban J connectivity index is 1.74. The summed E-state index contributed by atoms with van der Waals surface area (Å²) in [6.07, 6.45) is 2.47. The van der Waals surface area contributed by atoms with E-state index in [0.29, 0.717) is 18.0 Å². The molecule has 1 fully saturated rings. The Hall–Kier alpha value is -1.62. The molecule has 2 N–H and O–H groups in total. The van der Waals surface area contributed by atoms with Crippen LogP contribution < -0.4 is 10.6 Å². The van der Waals surface area contributed by atoms with Gasteiger partial charge < -0.3 is 15.5 Å². The number of halogens is 1. The Morgan fingerprint density at radius 1 is 1.39 bits per heavy atom. The zero-order valence-corrected chi connectivity index (χ0v) is 14.5. The fourth-order valence-corrected chi connectivity index (χ4v) is 3.06. The maximum absolute atomic E-state index is 13.3. The fourth-order valence-electron chi connectivity index (χ4n) is 3.06. The Bertz CT molecular complexity index is 530. The summed E-state index contributed by atoms with van der Waals surface area (Å²) in [6, 6.07) is 5.20. The normalized spacial score (nSPS) is 19.1. The van der Waals surface area contributed by atoms with Crippen molar-refractivity contribution in [2.75, 3.05) is 33.2 Å². The Morgan fingerprint density at radius 2 is 2.22 bits per heavy atom. The molecule has 2 rings (SSSR count). The van der Waals surface area contributed by atoms with Gasteiger partial charge in [0, 0.05) is 26.7 Å². The summed E-state index contributed by atoms with van der Waals surface area (Å²) in [7, 11) is 1.78. The van der Waals surface area contributed by atoms with Gasteiger partial charge in [-0.15, -0.1) is 0 Å². The molecule has 0 spiro atoms. The zero-order chi connectivity index (χ0) is 16.7. The number of likely N-dealkylation sites (tertiary alicyclic amines) is 1. The van der Waals surface area contributed by atoms with Crippen LogP contribution in [0, 0.1) is 18.7 Å². The molecule has 1 saturated heterocycles.